The second-order valence-corrected chi connectivity index (χ2v) is 5.81. The molecular formula is C18H32N4O. The summed E-state index contributed by atoms with van der Waals surface area (Å²) in [6, 6.07) is 8.70. The van der Waals surface area contributed by atoms with Crippen LogP contribution in [0, 0.1) is 0 Å². The molecule has 0 spiro atoms. The highest BCUT2D eigenvalue weighted by molar-refractivity contribution is 5.79. The summed E-state index contributed by atoms with van der Waals surface area (Å²) in [5.41, 5.74) is 2.59. The number of nitrogens with one attached hydrogen (secondary N) is 2. The molecule has 130 valence electrons. The molecule has 0 aliphatic carbocycles. The van der Waals surface area contributed by atoms with Gasteiger partial charge < -0.3 is 20.3 Å². The minimum Gasteiger partial charge on any atom is -0.382 e. The maximum Gasteiger partial charge on any atom is 0.191 e. The number of nitrogens with zero attached hydrogens (tertiary/aromatic N) is 2. The zero-order valence-electron chi connectivity index (χ0n) is 15.1. The molecule has 0 atom stereocenters. The first-order chi connectivity index (χ1) is 11.2. The molecule has 0 bridgehead atoms. The van der Waals surface area contributed by atoms with Gasteiger partial charge in [0.15, 0.2) is 5.96 Å². The van der Waals surface area contributed by atoms with Gasteiger partial charge in [-0.1, -0.05) is 24.3 Å². The third-order valence-electron chi connectivity index (χ3n) is 3.42. The van der Waals surface area contributed by atoms with Crippen molar-refractivity contribution in [3.63, 3.8) is 0 Å². The van der Waals surface area contributed by atoms with Crippen LogP contribution in [0.2, 0.25) is 0 Å². The summed E-state index contributed by atoms with van der Waals surface area (Å²) < 4.78 is 5.33. The van der Waals surface area contributed by atoms with Crippen molar-refractivity contribution >= 4 is 5.96 Å². The van der Waals surface area contributed by atoms with E-state index in [-0.39, 0.29) is 0 Å². The fourth-order valence-corrected chi connectivity index (χ4v) is 2.21. The Morgan fingerprint density at radius 2 is 1.78 bits per heavy atom. The van der Waals surface area contributed by atoms with E-state index in [1.165, 1.54) is 11.1 Å². The molecule has 0 aliphatic rings. The summed E-state index contributed by atoms with van der Waals surface area (Å²) in [6.45, 7) is 6.32. The Bertz CT molecular complexity index is 443. The molecule has 0 unspecified atom stereocenters. The van der Waals surface area contributed by atoms with Gasteiger partial charge in [0.25, 0.3) is 0 Å². The van der Waals surface area contributed by atoms with Crippen molar-refractivity contribution in [3.8, 4) is 0 Å². The number of hydrogen-bond acceptors (Lipinski definition) is 3. The van der Waals surface area contributed by atoms with Crippen LogP contribution >= 0.6 is 0 Å². The van der Waals surface area contributed by atoms with Crippen molar-refractivity contribution < 1.29 is 4.74 Å². The van der Waals surface area contributed by atoms with Crippen molar-refractivity contribution in [2.24, 2.45) is 4.99 Å². The first-order valence-electron chi connectivity index (χ1n) is 8.40. The average Bonchev–Trinajstić information content (AvgIpc) is 2.54. The maximum atomic E-state index is 5.33. The van der Waals surface area contributed by atoms with Gasteiger partial charge in [-0.05, 0) is 45.0 Å². The Morgan fingerprint density at radius 1 is 1.09 bits per heavy atom. The number of hydrogen-bond donors (Lipinski definition) is 2. The van der Waals surface area contributed by atoms with E-state index < -0.39 is 0 Å². The Morgan fingerprint density at radius 3 is 2.39 bits per heavy atom. The number of aliphatic imine (C=N–C) groups is 1. The summed E-state index contributed by atoms with van der Waals surface area (Å²) in [6.07, 6.45) is 2.16. The summed E-state index contributed by atoms with van der Waals surface area (Å²) >= 11 is 0. The fourth-order valence-electron chi connectivity index (χ4n) is 2.21. The molecule has 1 rings (SSSR count). The van der Waals surface area contributed by atoms with Gasteiger partial charge in [0.05, 0.1) is 0 Å². The lowest BCUT2D eigenvalue weighted by Gasteiger charge is -2.13. The molecule has 23 heavy (non-hydrogen) atoms. The van der Waals surface area contributed by atoms with Gasteiger partial charge >= 0.3 is 0 Å². The highest BCUT2D eigenvalue weighted by atomic mass is 16.5. The second kappa shape index (κ2) is 11.9. The molecule has 1 aromatic rings. The predicted octanol–water partition coefficient (Wildman–Crippen LogP) is 2.23. The minimum absolute atomic E-state index is 0.779. The van der Waals surface area contributed by atoms with Crippen LogP contribution in [0.1, 0.15) is 30.9 Å². The number of unbranched alkanes of at least 4 members (excludes halogenated alkanes) is 1. The average molecular weight is 320 g/mol. The van der Waals surface area contributed by atoms with Crippen molar-refractivity contribution in [1.29, 1.82) is 0 Å². The van der Waals surface area contributed by atoms with E-state index in [9.17, 15) is 0 Å². The fraction of sp³-hybridized carbons (Fsp3) is 0.611. The van der Waals surface area contributed by atoms with Gasteiger partial charge in [-0.25, -0.2) is 0 Å². The van der Waals surface area contributed by atoms with Crippen molar-refractivity contribution in [2.45, 2.75) is 32.9 Å². The molecule has 1 aromatic carbocycles. The lowest BCUT2D eigenvalue weighted by molar-refractivity contribution is 0.143. The molecule has 2 N–H and O–H groups in total. The zero-order valence-corrected chi connectivity index (χ0v) is 15.1. The number of guanidine groups is 1. The first kappa shape index (κ1) is 19.5. The van der Waals surface area contributed by atoms with Crippen LogP contribution in [0.25, 0.3) is 0 Å². The van der Waals surface area contributed by atoms with Crippen LogP contribution in [0.3, 0.4) is 0 Å². The van der Waals surface area contributed by atoms with Gasteiger partial charge in [0.1, 0.15) is 0 Å². The number of rotatable bonds is 10. The third-order valence-corrected chi connectivity index (χ3v) is 3.42. The van der Waals surface area contributed by atoms with E-state index in [4.69, 9.17) is 4.74 Å². The normalized spacial score (nSPS) is 11.8. The molecule has 0 amide bonds. The molecular weight excluding hydrogens is 288 g/mol. The molecule has 5 nitrogen and oxygen atoms in total. The molecule has 0 heterocycles. The van der Waals surface area contributed by atoms with Crippen LogP contribution in [0.5, 0.6) is 0 Å². The number of ether oxygens (including phenoxy) is 1. The highest BCUT2D eigenvalue weighted by Gasteiger charge is 1.99. The SMILES string of the molecule is CCOCCCCNC(=NC)NCc1ccc(CN(C)C)cc1. The lowest BCUT2D eigenvalue weighted by atomic mass is 10.1. The largest absolute Gasteiger partial charge is 0.382 e. The summed E-state index contributed by atoms with van der Waals surface area (Å²) in [4.78, 5) is 6.42. The highest BCUT2D eigenvalue weighted by Crippen LogP contribution is 2.05. The Hall–Kier alpha value is -1.59. The van der Waals surface area contributed by atoms with Crippen LogP contribution in [0.4, 0.5) is 0 Å². The first-order valence-corrected chi connectivity index (χ1v) is 8.40. The molecule has 0 saturated carbocycles. The predicted molar refractivity (Wildman–Crippen MR) is 97.8 cm³/mol. The van der Waals surface area contributed by atoms with E-state index in [0.29, 0.717) is 0 Å². The maximum absolute atomic E-state index is 5.33. The second-order valence-electron chi connectivity index (χ2n) is 5.81. The lowest BCUT2D eigenvalue weighted by Crippen LogP contribution is -2.37. The van der Waals surface area contributed by atoms with E-state index in [1.807, 2.05) is 6.92 Å². The summed E-state index contributed by atoms with van der Waals surface area (Å²) in [5.74, 6) is 0.846. The van der Waals surface area contributed by atoms with Gasteiger partial charge in [-0.15, -0.1) is 0 Å². The Kier molecular flexibility index (Phi) is 10.1. The number of benzene rings is 1. The summed E-state index contributed by atoms with van der Waals surface area (Å²) in [7, 11) is 5.97. The van der Waals surface area contributed by atoms with E-state index in [2.05, 4.69) is 58.9 Å². The minimum atomic E-state index is 0.779. The topological polar surface area (TPSA) is 48.9 Å². The zero-order chi connectivity index (χ0) is 16.9. The van der Waals surface area contributed by atoms with Crippen LogP contribution in [0.15, 0.2) is 29.3 Å². The molecule has 5 heteroatoms. The van der Waals surface area contributed by atoms with Crippen molar-refractivity contribution in [3.05, 3.63) is 35.4 Å². The Balaban J connectivity index is 2.26. The molecule has 0 aromatic heterocycles. The van der Waals surface area contributed by atoms with Crippen LogP contribution in [-0.2, 0) is 17.8 Å². The van der Waals surface area contributed by atoms with Gasteiger partial charge in [0.2, 0.25) is 0 Å². The smallest absolute Gasteiger partial charge is 0.191 e. The quantitative estimate of drug-likeness (QED) is 0.394. The van der Waals surface area contributed by atoms with E-state index in [1.54, 1.807) is 7.05 Å². The molecule has 0 saturated heterocycles. The standard InChI is InChI=1S/C18H32N4O/c1-5-23-13-7-6-12-20-18(19-2)21-14-16-8-10-17(11-9-16)15-22(3)4/h8-11H,5-7,12-15H2,1-4H3,(H2,19,20,21). The van der Waals surface area contributed by atoms with E-state index >= 15 is 0 Å². The van der Waals surface area contributed by atoms with Gasteiger partial charge in [0, 0.05) is 39.9 Å². The summed E-state index contributed by atoms with van der Waals surface area (Å²) in [5, 5.41) is 6.68. The monoisotopic (exact) mass is 320 g/mol. The van der Waals surface area contributed by atoms with Gasteiger partial charge in [-0.2, -0.15) is 0 Å². The van der Waals surface area contributed by atoms with Gasteiger partial charge in [-0.3, -0.25) is 4.99 Å². The van der Waals surface area contributed by atoms with Crippen LogP contribution in [-0.4, -0.2) is 51.8 Å². The molecule has 0 fully saturated rings. The Labute approximate surface area is 141 Å². The molecule has 0 aliphatic heterocycles. The van der Waals surface area contributed by atoms with Crippen LogP contribution < -0.4 is 10.6 Å². The van der Waals surface area contributed by atoms with E-state index in [0.717, 1.165) is 51.6 Å². The molecule has 0 radical (unpaired) electrons. The van der Waals surface area contributed by atoms with Crippen molar-refractivity contribution in [2.75, 3.05) is 40.9 Å². The van der Waals surface area contributed by atoms with Crippen molar-refractivity contribution in [1.82, 2.24) is 15.5 Å². The third kappa shape index (κ3) is 9.21.